The van der Waals surface area contributed by atoms with Crippen LogP contribution >= 0.6 is 0 Å². The zero-order chi connectivity index (χ0) is 15.0. The number of aliphatic hydroxyl groups is 1. The van der Waals surface area contributed by atoms with E-state index in [0.717, 1.165) is 18.5 Å². The predicted molar refractivity (Wildman–Crippen MR) is 85.6 cm³/mol. The molecule has 20 heavy (non-hydrogen) atoms. The van der Waals surface area contributed by atoms with Gasteiger partial charge in [-0.05, 0) is 31.9 Å². The van der Waals surface area contributed by atoms with E-state index in [2.05, 4.69) is 25.7 Å². The van der Waals surface area contributed by atoms with Gasteiger partial charge < -0.3 is 10.8 Å². The van der Waals surface area contributed by atoms with Crippen LogP contribution in [0.15, 0.2) is 30.3 Å². The highest BCUT2D eigenvalue weighted by Gasteiger charge is 2.30. The fourth-order valence-corrected chi connectivity index (χ4v) is 2.44. The van der Waals surface area contributed by atoms with Crippen LogP contribution in [0.25, 0.3) is 0 Å². The second-order valence-corrected chi connectivity index (χ2v) is 5.76. The van der Waals surface area contributed by atoms with Crippen LogP contribution in [0.3, 0.4) is 0 Å². The first-order valence-electron chi connectivity index (χ1n) is 7.76. The molecule has 0 aromatic heterocycles. The number of benzene rings is 1. The van der Waals surface area contributed by atoms with Crippen molar-refractivity contribution in [1.82, 2.24) is 4.90 Å². The molecule has 114 valence electrons. The minimum atomic E-state index is -0.682. The van der Waals surface area contributed by atoms with E-state index < -0.39 is 5.54 Å². The molecule has 1 aromatic rings. The topological polar surface area (TPSA) is 49.5 Å². The molecule has 3 heteroatoms. The molecule has 0 spiro atoms. The van der Waals surface area contributed by atoms with E-state index in [4.69, 9.17) is 5.73 Å². The Hall–Kier alpha value is -0.900. The molecule has 0 aliphatic carbocycles. The summed E-state index contributed by atoms with van der Waals surface area (Å²) in [5.41, 5.74) is 6.82. The summed E-state index contributed by atoms with van der Waals surface area (Å²) in [5.74, 6) is 0. The third kappa shape index (κ3) is 4.58. The Labute approximate surface area is 123 Å². The smallest absolute Gasteiger partial charge is 0.0773 e. The minimum Gasteiger partial charge on any atom is -0.394 e. The van der Waals surface area contributed by atoms with Crippen molar-refractivity contribution in [1.29, 1.82) is 0 Å². The third-order valence-electron chi connectivity index (χ3n) is 4.13. The number of unbranched alkanes of at least 4 members (excludes halogenated alkanes) is 1. The summed E-state index contributed by atoms with van der Waals surface area (Å²) < 4.78 is 0. The average molecular weight is 278 g/mol. The molecule has 1 aromatic carbocycles. The fraction of sp³-hybridized carbons (Fsp3) is 0.647. The molecular weight excluding hydrogens is 248 g/mol. The molecule has 0 amide bonds. The van der Waals surface area contributed by atoms with Gasteiger partial charge in [0.25, 0.3) is 0 Å². The van der Waals surface area contributed by atoms with Crippen molar-refractivity contribution in [2.75, 3.05) is 19.7 Å². The van der Waals surface area contributed by atoms with Crippen LogP contribution < -0.4 is 5.73 Å². The lowest BCUT2D eigenvalue weighted by atomic mass is 9.90. The van der Waals surface area contributed by atoms with Crippen molar-refractivity contribution in [3.05, 3.63) is 35.9 Å². The quantitative estimate of drug-likeness (QED) is 0.730. The van der Waals surface area contributed by atoms with E-state index in [1.165, 1.54) is 12.8 Å². The maximum absolute atomic E-state index is 9.82. The lowest BCUT2D eigenvalue weighted by Crippen LogP contribution is -2.52. The summed E-state index contributed by atoms with van der Waals surface area (Å²) in [4.78, 5) is 2.41. The first kappa shape index (κ1) is 17.2. The molecule has 0 aliphatic heterocycles. The van der Waals surface area contributed by atoms with Crippen LogP contribution in [0.5, 0.6) is 0 Å². The first-order valence-corrected chi connectivity index (χ1v) is 7.76. The molecule has 0 fully saturated rings. The van der Waals surface area contributed by atoms with Crippen molar-refractivity contribution in [2.45, 2.75) is 51.6 Å². The number of rotatable bonds is 9. The normalized spacial score (nSPS) is 16.1. The highest BCUT2D eigenvalue weighted by Crippen LogP contribution is 2.21. The van der Waals surface area contributed by atoms with Crippen LogP contribution in [0.1, 0.15) is 45.6 Å². The standard InChI is InChI=1S/C17H30N2O/c1-4-6-12-19(15(3)5-2)13-17(18,14-20)16-10-8-7-9-11-16/h7-11,15,20H,4-6,12-14,18H2,1-3H3. The average Bonchev–Trinajstić information content (AvgIpc) is 2.51. The number of aliphatic hydroxyl groups excluding tert-OH is 1. The lowest BCUT2D eigenvalue weighted by molar-refractivity contribution is 0.109. The zero-order valence-electron chi connectivity index (χ0n) is 13.2. The van der Waals surface area contributed by atoms with Crippen LogP contribution in [0, 0.1) is 0 Å². The van der Waals surface area contributed by atoms with Gasteiger partial charge in [-0.15, -0.1) is 0 Å². The Morgan fingerprint density at radius 3 is 2.40 bits per heavy atom. The van der Waals surface area contributed by atoms with Gasteiger partial charge in [0, 0.05) is 12.6 Å². The van der Waals surface area contributed by atoms with Gasteiger partial charge in [0.1, 0.15) is 0 Å². The van der Waals surface area contributed by atoms with Gasteiger partial charge in [-0.2, -0.15) is 0 Å². The SMILES string of the molecule is CCCCN(CC(N)(CO)c1ccccc1)C(C)CC. The van der Waals surface area contributed by atoms with E-state index in [1.54, 1.807) is 0 Å². The highest BCUT2D eigenvalue weighted by molar-refractivity contribution is 5.24. The Morgan fingerprint density at radius 2 is 1.90 bits per heavy atom. The van der Waals surface area contributed by atoms with E-state index in [9.17, 15) is 5.11 Å². The molecule has 3 nitrogen and oxygen atoms in total. The molecule has 0 saturated carbocycles. The highest BCUT2D eigenvalue weighted by atomic mass is 16.3. The van der Waals surface area contributed by atoms with Crippen LogP contribution in [0.4, 0.5) is 0 Å². The maximum Gasteiger partial charge on any atom is 0.0773 e. The van der Waals surface area contributed by atoms with Crippen molar-refractivity contribution < 1.29 is 5.11 Å². The fourth-order valence-electron chi connectivity index (χ4n) is 2.44. The van der Waals surface area contributed by atoms with E-state index >= 15 is 0 Å². The van der Waals surface area contributed by atoms with Gasteiger partial charge in [-0.25, -0.2) is 0 Å². The Bertz CT molecular complexity index is 369. The predicted octanol–water partition coefficient (Wildman–Crippen LogP) is 2.73. The molecule has 0 heterocycles. The molecule has 3 N–H and O–H groups in total. The molecule has 2 unspecified atom stereocenters. The number of hydrogen-bond donors (Lipinski definition) is 2. The lowest BCUT2D eigenvalue weighted by Gasteiger charge is -2.37. The van der Waals surface area contributed by atoms with Gasteiger partial charge >= 0.3 is 0 Å². The van der Waals surface area contributed by atoms with Crippen molar-refractivity contribution in [3.8, 4) is 0 Å². The van der Waals surface area contributed by atoms with E-state index in [-0.39, 0.29) is 6.61 Å². The summed E-state index contributed by atoms with van der Waals surface area (Å²) >= 11 is 0. The van der Waals surface area contributed by atoms with E-state index in [0.29, 0.717) is 12.6 Å². The van der Waals surface area contributed by atoms with Gasteiger partial charge in [0.15, 0.2) is 0 Å². The maximum atomic E-state index is 9.82. The summed E-state index contributed by atoms with van der Waals surface area (Å²) in [6.45, 7) is 8.34. The molecule has 1 rings (SSSR count). The monoisotopic (exact) mass is 278 g/mol. The third-order valence-corrected chi connectivity index (χ3v) is 4.13. The number of nitrogens with two attached hydrogens (primary N) is 1. The van der Waals surface area contributed by atoms with Gasteiger partial charge in [0.2, 0.25) is 0 Å². The second kappa shape index (κ2) is 8.40. The van der Waals surface area contributed by atoms with Gasteiger partial charge in [0.05, 0.1) is 12.1 Å². The minimum absolute atomic E-state index is 0.0317. The summed E-state index contributed by atoms with van der Waals surface area (Å²) in [7, 11) is 0. The van der Waals surface area contributed by atoms with Crippen LogP contribution in [0.2, 0.25) is 0 Å². The van der Waals surface area contributed by atoms with Gasteiger partial charge in [-0.3, -0.25) is 4.90 Å². The Kier molecular flexibility index (Phi) is 7.20. The van der Waals surface area contributed by atoms with Gasteiger partial charge in [-0.1, -0.05) is 50.6 Å². The molecule has 0 radical (unpaired) electrons. The molecule has 0 aliphatic rings. The largest absolute Gasteiger partial charge is 0.394 e. The number of nitrogens with zero attached hydrogens (tertiary/aromatic N) is 1. The van der Waals surface area contributed by atoms with Crippen molar-refractivity contribution in [2.24, 2.45) is 5.73 Å². The zero-order valence-corrected chi connectivity index (χ0v) is 13.2. The van der Waals surface area contributed by atoms with Crippen molar-refractivity contribution in [3.63, 3.8) is 0 Å². The van der Waals surface area contributed by atoms with E-state index in [1.807, 2.05) is 30.3 Å². The number of hydrogen-bond acceptors (Lipinski definition) is 3. The molecule has 2 atom stereocenters. The van der Waals surface area contributed by atoms with Crippen molar-refractivity contribution >= 4 is 0 Å². The Morgan fingerprint density at radius 1 is 1.25 bits per heavy atom. The summed E-state index contributed by atoms with van der Waals surface area (Å²) in [6, 6.07) is 10.4. The first-order chi connectivity index (χ1) is 9.57. The summed E-state index contributed by atoms with van der Waals surface area (Å²) in [5, 5.41) is 9.82. The van der Waals surface area contributed by atoms with Crippen LogP contribution in [-0.2, 0) is 5.54 Å². The molecular formula is C17H30N2O. The molecule has 0 saturated heterocycles. The second-order valence-electron chi connectivity index (χ2n) is 5.76. The molecule has 0 bridgehead atoms. The Balaban J connectivity index is 2.87. The summed E-state index contributed by atoms with van der Waals surface area (Å²) in [6.07, 6.45) is 3.44. The van der Waals surface area contributed by atoms with Crippen LogP contribution in [-0.4, -0.2) is 35.7 Å².